The molecular formula is C24H23NO6S. The number of aliphatic carboxylic acids is 1. The minimum absolute atomic E-state index is 0.0635. The molecule has 0 fully saturated rings. The summed E-state index contributed by atoms with van der Waals surface area (Å²) in [6.07, 6.45) is 0. The molecule has 0 atom stereocenters. The van der Waals surface area contributed by atoms with Crippen molar-refractivity contribution in [3.05, 3.63) is 89.2 Å². The van der Waals surface area contributed by atoms with Crippen LogP contribution in [-0.4, -0.2) is 34.9 Å². The molecule has 0 amide bonds. The fraction of sp³-hybridized carbons (Fsp3) is 0.208. The van der Waals surface area contributed by atoms with Crippen molar-refractivity contribution in [2.75, 3.05) is 12.9 Å². The number of esters is 1. The number of aromatic nitrogens is 1. The van der Waals surface area contributed by atoms with Crippen molar-refractivity contribution in [2.45, 2.75) is 19.0 Å². The Kier molecular flexibility index (Phi) is 8.51. The van der Waals surface area contributed by atoms with E-state index in [4.69, 9.17) is 19.3 Å². The van der Waals surface area contributed by atoms with Crippen molar-refractivity contribution < 1.29 is 28.9 Å². The summed E-state index contributed by atoms with van der Waals surface area (Å²) < 4.78 is 16.9. The predicted octanol–water partition coefficient (Wildman–Crippen LogP) is 4.34. The lowest BCUT2D eigenvalue weighted by Crippen LogP contribution is -2.11. The van der Waals surface area contributed by atoms with Gasteiger partial charge in [0.05, 0.1) is 18.6 Å². The van der Waals surface area contributed by atoms with E-state index in [9.17, 15) is 9.59 Å². The van der Waals surface area contributed by atoms with Crippen LogP contribution in [0.4, 0.5) is 0 Å². The van der Waals surface area contributed by atoms with Crippen molar-refractivity contribution >= 4 is 23.7 Å². The average Bonchev–Trinajstić information content (AvgIpc) is 2.82. The zero-order chi connectivity index (χ0) is 22.8. The fourth-order valence-corrected chi connectivity index (χ4v) is 3.49. The van der Waals surface area contributed by atoms with Gasteiger partial charge >= 0.3 is 11.9 Å². The Morgan fingerprint density at radius 3 is 2.09 bits per heavy atom. The van der Waals surface area contributed by atoms with Gasteiger partial charge in [0, 0.05) is 11.8 Å². The van der Waals surface area contributed by atoms with Gasteiger partial charge in [0.2, 0.25) is 0 Å². The Morgan fingerprint density at radius 2 is 1.53 bits per heavy atom. The molecule has 0 aliphatic heterocycles. The molecule has 1 heterocycles. The molecule has 0 aliphatic rings. The molecule has 3 aromatic rings. The predicted molar refractivity (Wildman–Crippen MR) is 121 cm³/mol. The van der Waals surface area contributed by atoms with Gasteiger partial charge in [0.1, 0.15) is 13.2 Å². The Morgan fingerprint density at radius 1 is 0.938 bits per heavy atom. The van der Waals surface area contributed by atoms with E-state index in [0.29, 0.717) is 17.2 Å². The fourth-order valence-electron chi connectivity index (χ4n) is 2.83. The quantitative estimate of drug-likeness (QED) is 0.428. The van der Waals surface area contributed by atoms with Crippen LogP contribution >= 0.6 is 11.8 Å². The van der Waals surface area contributed by atoms with Crippen LogP contribution in [0.2, 0.25) is 0 Å². The summed E-state index contributed by atoms with van der Waals surface area (Å²) in [4.78, 5) is 27.5. The van der Waals surface area contributed by atoms with Crippen LogP contribution < -0.4 is 9.47 Å². The van der Waals surface area contributed by atoms with Gasteiger partial charge in [-0.15, -0.1) is 11.8 Å². The van der Waals surface area contributed by atoms with E-state index in [1.807, 2.05) is 60.7 Å². The SMILES string of the molecule is COC(=O)c1cc(OCc2ccccc2)c(OCc2ccccc2)c(CSCC(=O)O)n1. The number of nitrogens with zero attached hydrogens (tertiary/aromatic N) is 1. The molecule has 2 aromatic carbocycles. The third kappa shape index (κ3) is 6.75. The molecule has 0 saturated heterocycles. The summed E-state index contributed by atoms with van der Waals surface area (Å²) in [7, 11) is 1.27. The molecule has 3 rings (SSSR count). The van der Waals surface area contributed by atoms with Gasteiger partial charge < -0.3 is 19.3 Å². The Balaban J connectivity index is 1.93. The zero-order valence-corrected chi connectivity index (χ0v) is 18.3. The molecule has 0 aliphatic carbocycles. The normalized spacial score (nSPS) is 10.4. The molecule has 32 heavy (non-hydrogen) atoms. The number of hydrogen-bond donors (Lipinski definition) is 1. The molecule has 0 bridgehead atoms. The summed E-state index contributed by atoms with van der Waals surface area (Å²) in [5.41, 5.74) is 2.37. The van der Waals surface area contributed by atoms with E-state index in [0.717, 1.165) is 22.9 Å². The largest absolute Gasteiger partial charge is 0.485 e. The second-order valence-electron chi connectivity index (χ2n) is 6.71. The summed E-state index contributed by atoms with van der Waals surface area (Å²) in [5.74, 6) is -0.729. The van der Waals surface area contributed by atoms with Crippen LogP contribution in [0.3, 0.4) is 0 Å². The third-order valence-electron chi connectivity index (χ3n) is 4.33. The first kappa shape index (κ1) is 23.1. The van der Waals surface area contributed by atoms with Gasteiger partial charge in [-0.2, -0.15) is 0 Å². The van der Waals surface area contributed by atoms with Crippen LogP contribution in [0, 0.1) is 0 Å². The van der Waals surface area contributed by atoms with E-state index >= 15 is 0 Å². The second kappa shape index (κ2) is 11.8. The summed E-state index contributed by atoms with van der Waals surface area (Å²) in [6, 6.07) is 20.7. The van der Waals surface area contributed by atoms with Gasteiger partial charge in [-0.3, -0.25) is 4.79 Å². The first-order valence-electron chi connectivity index (χ1n) is 9.82. The van der Waals surface area contributed by atoms with E-state index in [1.165, 1.54) is 13.2 Å². The highest BCUT2D eigenvalue weighted by Crippen LogP contribution is 2.35. The Hall–Kier alpha value is -3.52. The summed E-state index contributed by atoms with van der Waals surface area (Å²) in [6.45, 7) is 0.521. The van der Waals surface area contributed by atoms with Crippen LogP contribution in [0.15, 0.2) is 66.7 Å². The number of carbonyl (C=O) groups excluding carboxylic acids is 1. The number of carboxylic acid groups (broad SMARTS) is 1. The van der Waals surface area contributed by atoms with Crippen LogP contribution in [-0.2, 0) is 28.5 Å². The number of benzene rings is 2. The topological polar surface area (TPSA) is 95.0 Å². The highest BCUT2D eigenvalue weighted by Gasteiger charge is 2.20. The average molecular weight is 454 g/mol. The van der Waals surface area contributed by atoms with Gasteiger partial charge in [0.15, 0.2) is 17.2 Å². The smallest absolute Gasteiger partial charge is 0.356 e. The lowest BCUT2D eigenvalue weighted by Gasteiger charge is -2.17. The van der Waals surface area contributed by atoms with E-state index in [1.54, 1.807) is 0 Å². The maximum atomic E-state index is 12.2. The van der Waals surface area contributed by atoms with Crippen molar-refractivity contribution in [3.63, 3.8) is 0 Å². The zero-order valence-electron chi connectivity index (χ0n) is 17.5. The van der Waals surface area contributed by atoms with Crippen molar-refractivity contribution in [1.29, 1.82) is 0 Å². The van der Waals surface area contributed by atoms with E-state index in [-0.39, 0.29) is 30.4 Å². The van der Waals surface area contributed by atoms with Gasteiger partial charge in [-0.05, 0) is 11.1 Å². The molecular weight excluding hydrogens is 430 g/mol. The van der Waals surface area contributed by atoms with Crippen LogP contribution in [0.1, 0.15) is 27.3 Å². The van der Waals surface area contributed by atoms with Gasteiger partial charge in [0.25, 0.3) is 0 Å². The molecule has 1 aromatic heterocycles. The Labute approximate surface area is 190 Å². The lowest BCUT2D eigenvalue weighted by atomic mass is 10.2. The van der Waals surface area contributed by atoms with Crippen molar-refractivity contribution in [1.82, 2.24) is 4.98 Å². The Bertz CT molecular complexity index is 1040. The highest BCUT2D eigenvalue weighted by molar-refractivity contribution is 7.99. The second-order valence-corrected chi connectivity index (χ2v) is 7.69. The minimum atomic E-state index is -0.938. The molecule has 0 unspecified atom stereocenters. The number of carbonyl (C=O) groups is 2. The first-order valence-corrected chi connectivity index (χ1v) is 11.0. The standard InChI is InChI=1S/C24H23NO6S/c1-29-24(28)19-12-21(30-13-17-8-4-2-5-9-17)23(20(25-19)15-32-16-22(26)27)31-14-18-10-6-3-7-11-18/h2-12H,13-16H2,1H3,(H,26,27). The molecule has 1 N–H and O–H groups in total. The number of ether oxygens (including phenoxy) is 3. The maximum Gasteiger partial charge on any atom is 0.356 e. The van der Waals surface area contributed by atoms with Crippen molar-refractivity contribution in [3.8, 4) is 11.5 Å². The monoisotopic (exact) mass is 453 g/mol. The first-order chi connectivity index (χ1) is 15.6. The number of rotatable bonds is 11. The molecule has 7 nitrogen and oxygen atoms in total. The summed E-state index contributed by atoms with van der Waals surface area (Å²) >= 11 is 1.15. The number of hydrogen-bond acceptors (Lipinski definition) is 7. The number of methoxy groups -OCH3 is 1. The van der Waals surface area contributed by atoms with Crippen LogP contribution in [0.25, 0.3) is 0 Å². The number of carboxylic acids is 1. The third-order valence-corrected chi connectivity index (χ3v) is 5.26. The highest BCUT2D eigenvalue weighted by atomic mass is 32.2. The number of pyridine rings is 1. The maximum absolute atomic E-state index is 12.2. The molecule has 8 heteroatoms. The van der Waals surface area contributed by atoms with E-state index in [2.05, 4.69) is 4.98 Å². The van der Waals surface area contributed by atoms with Gasteiger partial charge in [-0.1, -0.05) is 60.7 Å². The van der Waals surface area contributed by atoms with Crippen molar-refractivity contribution in [2.24, 2.45) is 0 Å². The number of thioether (sulfide) groups is 1. The lowest BCUT2D eigenvalue weighted by molar-refractivity contribution is -0.133. The molecule has 166 valence electrons. The molecule has 0 radical (unpaired) electrons. The van der Waals surface area contributed by atoms with Gasteiger partial charge in [-0.25, -0.2) is 9.78 Å². The minimum Gasteiger partial charge on any atom is -0.485 e. The van der Waals surface area contributed by atoms with E-state index < -0.39 is 11.9 Å². The summed E-state index contributed by atoms with van der Waals surface area (Å²) in [5, 5.41) is 8.99. The molecule has 0 saturated carbocycles. The van der Waals surface area contributed by atoms with Crippen LogP contribution in [0.5, 0.6) is 11.5 Å². The molecule has 0 spiro atoms.